The highest BCUT2D eigenvalue weighted by Crippen LogP contribution is 2.13. The first-order valence-corrected chi connectivity index (χ1v) is 5.38. The minimum Gasteiger partial charge on any atom is -0.437 e. The number of ether oxygens (including phenoxy) is 2. The molecular formula is C12H15NO4. The van der Waals surface area contributed by atoms with E-state index < -0.39 is 6.16 Å². The van der Waals surface area contributed by atoms with Crippen molar-refractivity contribution in [3.8, 4) is 5.75 Å². The Kier molecular flexibility index (Phi) is 5.13. The van der Waals surface area contributed by atoms with Gasteiger partial charge in [0.25, 0.3) is 0 Å². The molecule has 0 fully saturated rings. The maximum absolute atomic E-state index is 11.2. The number of hydrogen-bond donors (Lipinski definition) is 0. The molecule has 5 nitrogen and oxygen atoms in total. The number of methoxy groups -OCH3 is 1. The van der Waals surface area contributed by atoms with Gasteiger partial charge in [-0.2, -0.15) is 0 Å². The van der Waals surface area contributed by atoms with Gasteiger partial charge in [0.05, 0.1) is 7.11 Å². The fraction of sp³-hybridized carbons (Fsp3) is 0.417. The predicted molar refractivity (Wildman–Crippen MR) is 60.9 cm³/mol. The molecule has 17 heavy (non-hydrogen) atoms. The number of carbonyl (C=O) groups excluding carboxylic acids is 2. The van der Waals surface area contributed by atoms with Gasteiger partial charge in [-0.25, -0.2) is 4.79 Å². The minimum absolute atomic E-state index is 0.186. The molecule has 0 unspecified atom stereocenters. The SMILES string of the molecule is CCC(=O)CCc1cc(OC(=O)OC)ccn1. The second-order valence-electron chi connectivity index (χ2n) is 3.43. The summed E-state index contributed by atoms with van der Waals surface area (Å²) < 4.78 is 9.23. The summed E-state index contributed by atoms with van der Waals surface area (Å²) in [6.07, 6.45) is 2.28. The molecule has 0 aliphatic rings. The van der Waals surface area contributed by atoms with Gasteiger partial charge in [-0.05, 0) is 12.5 Å². The lowest BCUT2D eigenvalue weighted by Gasteiger charge is -2.04. The summed E-state index contributed by atoms with van der Waals surface area (Å²) in [5.41, 5.74) is 0.716. The molecule has 0 N–H and O–H groups in total. The number of Topliss-reactive ketones (excluding diaryl/α,β-unsaturated/α-hetero) is 1. The van der Waals surface area contributed by atoms with Crippen LogP contribution in [0.5, 0.6) is 5.75 Å². The van der Waals surface area contributed by atoms with Gasteiger partial charge in [-0.1, -0.05) is 6.92 Å². The monoisotopic (exact) mass is 237 g/mol. The van der Waals surface area contributed by atoms with Crippen LogP contribution in [0.1, 0.15) is 25.5 Å². The van der Waals surface area contributed by atoms with Crippen molar-refractivity contribution >= 4 is 11.9 Å². The summed E-state index contributed by atoms with van der Waals surface area (Å²) in [6, 6.07) is 3.18. The number of pyridine rings is 1. The molecule has 0 saturated carbocycles. The van der Waals surface area contributed by atoms with Gasteiger partial charge in [-0.3, -0.25) is 9.78 Å². The Morgan fingerprint density at radius 1 is 1.41 bits per heavy atom. The summed E-state index contributed by atoms with van der Waals surface area (Å²) in [5.74, 6) is 0.553. The van der Waals surface area contributed by atoms with Gasteiger partial charge < -0.3 is 9.47 Å². The highest BCUT2D eigenvalue weighted by molar-refractivity contribution is 5.78. The number of hydrogen-bond acceptors (Lipinski definition) is 5. The van der Waals surface area contributed by atoms with Gasteiger partial charge in [-0.15, -0.1) is 0 Å². The standard InChI is InChI=1S/C12H15NO4/c1-3-10(14)5-4-9-8-11(6-7-13-9)17-12(15)16-2/h6-8H,3-5H2,1-2H3. The molecule has 5 heteroatoms. The van der Waals surface area contributed by atoms with Crippen LogP contribution >= 0.6 is 0 Å². The lowest BCUT2D eigenvalue weighted by atomic mass is 10.1. The maximum atomic E-state index is 11.2. The highest BCUT2D eigenvalue weighted by atomic mass is 16.7. The van der Waals surface area contributed by atoms with Crippen LogP contribution in [0.15, 0.2) is 18.3 Å². The molecule has 0 aliphatic carbocycles. The second kappa shape index (κ2) is 6.62. The van der Waals surface area contributed by atoms with E-state index >= 15 is 0 Å². The van der Waals surface area contributed by atoms with Gasteiger partial charge in [0, 0.05) is 30.8 Å². The fourth-order valence-corrected chi connectivity index (χ4v) is 1.24. The summed E-state index contributed by atoms with van der Waals surface area (Å²) >= 11 is 0. The second-order valence-corrected chi connectivity index (χ2v) is 3.43. The lowest BCUT2D eigenvalue weighted by Crippen LogP contribution is -2.08. The van der Waals surface area contributed by atoms with Crippen LogP contribution in [-0.4, -0.2) is 24.0 Å². The van der Waals surface area contributed by atoms with Gasteiger partial charge >= 0.3 is 6.16 Å². The first kappa shape index (κ1) is 13.2. The van der Waals surface area contributed by atoms with Crippen LogP contribution in [0, 0.1) is 0 Å². The Morgan fingerprint density at radius 2 is 2.18 bits per heavy atom. The topological polar surface area (TPSA) is 65.5 Å². The zero-order chi connectivity index (χ0) is 12.7. The van der Waals surface area contributed by atoms with E-state index in [2.05, 4.69) is 9.72 Å². The first-order chi connectivity index (χ1) is 8.15. The number of rotatable bonds is 5. The van der Waals surface area contributed by atoms with E-state index in [-0.39, 0.29) is 5.78 Å². The number of aryl methyl sites for hydroxylation is 1. The molecule has 0 bridgehead atoms. The molecule has 1 aromatic rings. The van der Waals surface area contributed by atoms with Crippen LogP contribution in [-0.2, 0) is 16.0 Å². The molecule has 0 atom stereocenters. The molecule has 0 aromatic carbocycles. The smallest absolute Gasteiger partial charge is 0.437 e. The highest BCUT2D eigenvalue weighted by Gasteiger charge is 2.06. The normalized spacial score (nSPS) is 9.76. The van der Waals surface area contributed by atoms with Crippen molar-refractivity contribution in [2.24, 2.45) is 0 Å². The van der Waals surface area contributed by atoms with E-state index in [0.29, 0.717) is 30.7 Å². The average molecular weight is 237 g/mol. The van der Waals surface area contributed by atoms with Gasteiger partial charge in [0.1, 0.15) is 11.5 Å². The third kappa shape index (κ3) is 4.63. The van der Waals surface area contributed by atoms with E-state index in [0.717, 1.165) is 0 Å². The van der Waals surface area contributed by atoms with Crippen molar-refractivity contribution in [2.45, 2.75) is 26.2 Å². The van der Waals surface area contributed by atoms with E-state index in [1.54, 1.807) is 12.1 Å². The summed E-state index contributed by atoms with van der Waals surface area (Å²) in [5, 5.41) is 0. The average Bonchev–Trinajstić information content (AvgIpc) is 2.36. The Balaban J connectivity index is 2.59. The Morgan fingerprint density at radius 3 is 2.82 bits per heavy atom. The zero-order valence-corrected chi connectivity index (χ0v) is 9.93. The van der Waals surface area contributed by atoms with Crippen LogP contribution in [0.25, 0.3) is 0 Å². The van der Waals surface area contributed by atoms with Crippen molar-refractivity contribution in [2.75, 3.05) is 7.11 Å². The largest absolute Gasteiger partial charge is 0.513 e. The van der Waals surface area contributed by atoms with Crippen molar-refractivity contribution in [3.63, 3.8) is 0 Å². The Bertz CT molecular complexity index is 403. The van der Waals surface area contributed by atoms with Crippen molar-refractivity contribution in [1.82, 2.24) is 4.98 Å². The van der Waals surface area contributed by atoms with Crippen molar-refractivity contribution in [1.29, 1.82) is 0 Å². The molecule has 0 amide bonds. The minimum atomic E-state index is -0.771. The van der Waals surface area contributed by atoms with E-state index in [9.17, 15) is 9.59 Å². The van der Waals surface area contributed by atoms with E-state index in [1.165, 1.54) is 13.3 Å². The number of aromatic nitrogens is 1. The summed E-state index contributed by atoms with van der Waals surface area (Å²) in [7, 11) is 1.24. The molecular weight excluding hydrogens is 222 g/mol. The summed E-state index contributed by atoms with van der Waals surface area (Å²) in [6.45, 7) is 1.83. The number of ketones is 1. The van der Waals surface area contributed by atoms with Crippen LogP contribution in [0.4, 0.5) is 4.79 Å². The fourth-order valence-electron chi connectivity index (χ4n) is 1.24. The number of carbonyl (C=O) groups is 2. The van der Waals surface area contributed by atoms with E-state index in [4.69, 9.17) is 4.74 Å². The van der Waals surface area contributed by atoms with Gasteiger partial charge in [0.2, 0.25) is 0 Å². The Labute approximate surface area is 99.8 Å². The number of nitrogens with zero attached hydrogens (tertiary/aromatic N) is 1. The van der Waals surface area contributed by atoms with Crippen LogP contribution in [0.3, 0.4) is 0 Å². The van der Waals surface area contributed by atoms with Crippen molar-refractivity contribution in [3.05, 3.63) is 24.0 Å². The molecule has 0 aliphatic heterocycles. The van der Waals surface area contributed by atoms with Crippen molar-refractivity contribution < 1.29 is 19.1 Å². The zero-order valence-electron chi connectivity index (χ0n) is 9.93. The molecule has 0 spiro atoms. The quantitative estimate of drug-likeness (QED) is 0.734. The molecule has 1 aromatic heterocycles. The first-order valence-electron chi connectivity index (χ1n) is 5.38. The Hall–Kier alpha value is -1.91. The van der Waals surface area contributed by atoms with Crippen LogP contribution < -0.4 is 4.74 Å². The third-order valence-electron chi connectivity index (χ3n) is 2.21. The van der Waals surface area contributed by atoms with E-state index in [1.807, 2.05) is 6.92 Å². The molecule has 0 saturated heterocycles. The third-order valence-corrected chi connectivity index (χ3v) is 2.21. The van der Waals surface area contributed by atoms with Gasteiger partial charge in [0.15, 0.2) is 0 Å². The maximum Gasteiger partial charge on any atom is 0.513 e. The molecule has 1 rings (SSSR count). The molecule has 1 heterocycles. The lowest BCUT2D eigenvalue weighted by molar-refractivity contribution is -0.118. The predicted octanol–water partition coefficient (Wildman–Crippen LogP) is 2.14. The van der Waals surface area contributed by atoms with Crippen LogP contribution in [0.2, 0.25) is 0 Å². The summed E-state index contributed by atoms with van der Waals surface area (Å²) in [4.78, 5) is 26.1. The molecule has 92 valence electrons. The molecule has 0 radical (unpaired) electrons.